The summed E-state index contributed by atoms with van der Waals surface area (Å²) in [6.07, 6.45) is 0.278. The van der Waals surface area contributed by atoms with Crippen molar-refractivity contribution in [1.29, 1.82) is 0 Å². The molecular formula is C18H21N3O3S. The van der Waals surface area contributed by atoms with Crippen LogP contribution in [0.15, 0.2) is 30.3 Å². The van der Waals surface area contributed by atoms with E-state index in [9.17, 15) is 9.59 Å². The van der Waals surface area contributed by atoms with Gasteiger partial charge in [-0.15, -0.1) is 11.3 Å². The minimum Gasteiger partial charge on any atom is -0.479 e. The van der Waals surface area contributed by atoms with Crippen LogP contribution in [0.1, 0.15) is 16.7 Å². The van der Waals surface area contributed by atoms with Gasteiger partial charge in [0.15, 0.2) is 6.10 Å². The molecule has 2 N–H and O–H groups in total. The Morgan fingerprint density at radius 2 is 2.12 bits per heavy atom. The molecule has 0 bridgehead atoms. The summed E-state index contributed by atoms with van der Waals surface area (Å²) >= 11 is 1.74. The first-order chi connectivity index (χ1) is 11.9. The van der Waals surface area contributed by atoms with E-state index in [1.165, 1.54) is 9.75 Å². The Bertz CT molecular complexity index is 803. The molecular weight excluding hydrogens is 338 g/mol. The minimum absolute atomic E-state index is 0.0882. The van der Waals surface area contributed by atoms with Crippen molar-refractivity contribution in [1.82, 2.24) is 5.32 Å². The Morgan fingerprint density at radius 3 is 2.84 bits per heavy atom. The molecule has 7 heteroatoms. The first-order valence-electron chi connectivity index (χ1n) is 8.12. The number of anilines is 2. The Morgan fingerprint density at radius 1 is 1.32 bits per heavy atom. The molecule has 0 radical (unpaired) electrons. The smallest absolute Gasteiger partial charge is 0.319 e. The number of rotatable bonds is 4. The third-order valence-corrected chi connectivity index (χ3v) is 5.07. The number of fused-ring (bicyclic) bond motifs is 1. The minimum atomic E-state index is -0.532. The van der Waals surface area contributed by atoms with Gasteiger partial charge in [0, 0.05) is 35.1 Å². The monoisotopic (exact) mass is 359 g/mol. The normalized spacial score (nSPS) is 16.2. The molecule has 0 saturated heterocycles. The second kappa shape index (κ2) is 7.14. The summed E-state index contributed by atoms with van der Waals surface area (Å²) < 4.78 is 5.62. The van der Waals surface area contributed by atoms with Gasteiger partial charge in [0.1, 0.15) is 5.75 Å². The lowest BCUT2D eigenvalue weighted by Gasteiger charge is -2.30. The highest BCUT2D eigenvalue weighted by atomic mass is 32.1. The van der Waals surface area contributed by atoms with Crippen LogP contribution in [0.2, 0.25) is 0 Å². The zero-order valence-corrected chi connectivity index (χ0v) is 15.3. The molecule has 1 aromatic carbocycles. The van der Waals surface area contributed by atoms with Crippen molar-refractivity contribution in [2.24, 2.45) is 0 Å². The van der Waals surface area contributed by atoms with Crippen molar-refractivity contribution < 1.29 is 14.3 Å². The molecule has 0 aliphatic carbocycles. The van der Waals surface area contributed by atoms with Crippen LogP contribution in [0.25, 0.3) is 0 Å². The van der Waals surface area contributed by atoms with E-state index in [4.69, 9.17) is 4.74 Å². The van der Waals surface area contributed by atoms with Crippen LogP contribution >= 0.6 is 11.3 Å². The van der Waals surface area contributed by atoms with E-state index >= 15 is 0 Å². The summed E-state index contributed by atoms with van der Waals surface area (Å²) in [5.74, 6) is 0.497. The second-order valence-electron chi connectivity index (χ2n) is 5.98. The number of carbonyl (C=O) groups excluding carboxylic acids is 2. The summed E-state index contributed by atoms with van der Waals surface area (Å²) in [6.45, 7) is 4.35. The molecule has 0 spiro atoms. The number of likely N-dealkylation sites (N-methyl/N-ethyl adjacent to an activating group) is 1. The van der Waals surface area contributed by atoms with Crippen LogP contribution in [0.5, 0.6) is 5.75 Å². The molecule has 2 heterocycles. The number of hydrogen-bond donors (Lipinski definition) is 2. The molecule has 0 saturated carbocycles. The zero-order chi connectivity index (χ0) is 18.0. The number of nitrogens with one attached hydrogen (secondary N) is 2. The summed E-state index contributed by atoms with van der Waals surface area (Å²) in [6, 6.07) is 9.15. The molecule has 0 unspecified atom stereocenters. The predicted octanol–water partition coefficient (Wildman–Crippen LogP) is 3.16. The highest BCUT2D eigenvalue weighted by Crippen LogP contribution is 2.35. The average molecular weight is 359 g/mol. The van der Waals surface area contributed by atoms with Gasteiger partial charge in [-0.2, -0.15) is 0 Å². The van der Waals surface area contributed by atoms with Crippen LogP contribution < -0.4 is 20.3 Å². The molecule has 1 aromatic heterocycles. The van der Waals surface area contributed by atoms with Gasteiger partial charge in [-0.3, -0.25) is 4.79 Å². The topological polar surface area (TPSA) is 70.7 Å². The van der Waals surface area contributed by atoms with Gasteiger partial charge >= 0.3 is 6.03 Å². The molecule has 3 rings (SSSR count). The maximum Gasteiger partial charge on any atom is 0.319 e. The van der Waals surface area contributed by atoms with E-state index in [0.29, 0.717) is 23.7 Å². The van der Waals surface area contributed by atoms with E-state index in [-0.39, 0.29) is 11.9 Å². The molecule has 2 aromatic rings. The van der Waals surface area contributed by atoms with Gasteiger partial charge < -0.3 is 20.3 Å². The summed E-state index contributed by atoms with van der Waals surface area (Å²) in [7, 11) is 1.71. The highest BCUT2D eigenvalue weighted by Gasteiger charge is 2.28. The van der Waals surface area contributed by atoms with Crippen LogP contribution in [0, 0.1) is 6.92 Å². The number of thiophene rings is 1. The van der Waals surface area contributed by atoms with Crippen LogP contribution in [0.4, 0.5) is 16.2 Å². The Labute approximate surface area is 150 Å². The number of carbonyl (C=O) groups is 2. The molecule has 3 amide bonds. The van der Waals surface area contributed by atoms with Crippen molar-refractivity contribution in [2.45, 2.75) is 26.4 Å². The average Bonchev–Trinajstić information content (AvgIpc) is 2.98. The first kappa shape index (κ1) is 17.3. The van der Waals surface area contributed by atoms with E-state index in [1.807, 2.05) is 0 Å². The SMILES string of the molecule is Cc1ccc(CCNC(=O)Nc2ccc3c(c2)O[C@@H](C)C(=O)N3C)s1. The van der Waals surface area contributed by atoms with Gasteiger partial charge in [0.25, 0.3) is 5.91 Å². The van der Waals surface area contributed by atoms with Crippen molar-refractivity contribution in [3.8, 4) is 5.75 Å². The van der Waals surface area contributed by atoms with E-state index in [1.54, 1.807) is 48.4 Å². The fraction of sp³-hybridized carbons (Fsp3) is 0.333. The van der Waals surface area contributed by atoms with Crippen LogP contribution in [-0.2, 0) is 11.2 Å². The quantitative estimate of drug-likeness (QED) is 0.881. The molecule has 25 heavy (non-hydrogen) atoms. The highest BCUT2D eigenvalue weighted by molar-refractivity contribution is 7.11. The number of hydrogen-bond acceptors (Lipinski definition) is 4. The standard InChI is InChI=1S/C18H21N3O3S/c1-11-4-6-14(25-11)8-9-19-18(23)20-13-5-7-15-16(10-13)24-12(2)17(22)21(15)3/h4-7,10,12H,8-9H2,1-3H3,(H2,19,20,23)/t12-/m0/s1. The molecule has 0 fully saturated rings. The number of nitrogens with zero attached hydrogens (tertiary/aromatic N) is 1. The number of aryl methyl sites for hydroxylation is 1. The van der Waals surface area contributed by atoms with Gasteiger partial charge in [0.2, 0.25) is 0 Å². The molecule has 132 valence electrons. The number of urea groups is 1. The predicted molar refractivity (Wildman–Crippen MR) is 99.7 cm³/mol. The largest absolute Gasteiger partial charge is 0.479 e. The summed E-state index contributed by atoms with van der Waals surface area (Å²) in [4.78, 5) is 28.0. The Hall–Kier alpha value is -2.54. The molecule has 6 nitrogen and oxygen atoms in total. The maximum absolute atomic E-state index is 12.0. The third kappa shape index (κ3) is 3.93. The lowest BCUT2D eigenvalue weighted by atomic mass is 10.2. The lowest BCUT2D eigenvalue weighted by Crippen LogP contribution is -2.42. The molecule has 1 atom stereocenters. The lowest BCUT2D eigenvalue weighted by molar-refractivity contribution is -0.125. The van der Waals surface area contributed by atoms with E-state index in [2.05, 4.69) is 29.7 Å². The van der Waals surface area contributed by atoms with Gasteiger partial charge in [0.05, 0.1) is 5.69 Å². The number of ether oxygens (including phenoxy) is 1. The molecule has 1 aliphatic heterocycles. The zero-order valence-electron chi connectivity index (χ0n) is 14.5. The Balaban J connectivity index is 1.57. The van der Waals surface area contributed by atoms with E-state index in [0.717, 1.165) is 6.42 Å². The van der Waals surface area contributed by atoms with Crippen LogP contribution in [-0.4, -0.2) is 31.6 Å². The van der Waals surface area contributed by atoms with Gasteiger partial charge in [-0.05, 0) is 44.5 Å². The van der Waals surface area contributed by atoms with Crippen molar-refractivity contribution >= 4 is 34.6 Å². The second-order valence-corrected chi connectivity index (χ2v) is 7.36. The summed E-state index contributed by atoms with van der Waals surface area (Å²) in [5.41, 5.74) is 1.32. The third-order valence-electron chi connectivity index (χ3n) is 4.01. The first-order valence-corrected chi connectivity index (χ1v) is 8.94. The van der Waals surface area contributed by atoms with Crippen LogP contribution in [0.3, 0.4) is 0 Å². The van der Waals surface area contributed by atoms with Crippen molar-refractivity contribution in [3.63, 3.8) is 0 Å². The maximum atomic E-state index is 12.0. The van der Waals surface area contributed by atoms with Gasteiger partial charge in [-0.1, -0.05) is 0 Å². The number of benzene rings is 1. The summed E-state index contributed by atoms with van der Waals surface area (Å²) in [5, 5.41) is 5.64. The fourth-order valence-electron chi connectivity index (χ4n) is 2.69. The molecule has 1 aliphatic rings. The fourth-order valence-corrected chi connectivity index (χ4v) is 3.58. The Kier molecular flexibility index (Phi) is 4.94. The van der Waals surface area contributed by atoms with Crippen molar-refractivity contribution in [2.75, 3.05) is 23.8 Å². The van der Waals surface area contributed by atoms with Crippen molar-refractivity contribution in [3.05, 3.63) is 40.1 Å². The number of amides is 3. The van der Waals surface area contributed by atoms with E-state index < -0.39 is 6.10 Å². The van der Waals surface area contributed by atoms with Gasteiger partial charge in [-0.25, -0.2) is 4.79 Å².